The van der Waals surface area contributed by atoms with Crippen LogP contribution in [0.3, 0.4) is 0 Å². The van der Waals surface area contributed by atoms with E-state index < -0.39 is 0 Å². The highest BCUT2D eigenvalue weighted by Crippen LogP contribution is 2.26. The largest absolute Gasteiger partial charge is 0.496 e. The lowest BCUT2D eigenvalue weighted by molar-refractivity contribution is -0.121. The number of benzene rings is 2. The van der Waals surface area contributed by atoms with Gasteiger partial charge in [0.15, 0.2) is 0 Å². The molecule has 0 aliphatic heterocycles. The van der Waals surface area contributed by atoms with E-state index >= 15 is 0 Å². The average molecular weight is 334 g/mol. The number of methoxy groups -OCH3 is 2. The molecule has 0 radical (unpaired) electrons. The molecular weight excluding hydrogens is 314 g/mol. The molecule has 0 spiro atoms. The third-order valence-corrected chi connectivity index (χ3v) is 3.78. The van der Waals surface area contributed by atoms with Gasteiger partial charge in [0.1, 0.15) is 11.9 Å². The van der Waals surface area contributed by atoms with Gasteiger partial charge in [0.2, 0.25) is 5.91 Å². The Kier molecular flexibility index (Phi) is 6.44. The Morgan fingerprint density at radius 1 is 1.13 bits per heavy atom. The molecule has 1 atom stereocenters. The van der Waals surface area contributed by atoms with Gasteiger partial charge < -0.3 is 14.8 Å². The van der Waals surface area contributed by atoms with Crippen LogP contribution < -0.4 is 10.1 Å². The third kappa shape index (κ3) is 4.98. The summed E-state index contributed by atoms with van der Waals surface area (Å²) in [5.74, 6) is 0.676. The fourth-order valence-electron chi connectivity index (χ4n) is 2.31. The van der Waals surface area contributed by atoms with Crippen LogP contribution in [0.2, 0.25) is 5.02 Å². The summed E-state index contributed by atoms with van der Waals surface area (Å²) in [5, 5.41) is 3.55. The van der Waals surface area contributed by atoms with Gasteiger partial charge in [0.25, 0.3) is 0 Å². The molecule has 1 N–H and O–H groups in total. The fourth-order valence-corrected chi connectivity index (χ4v) is 2.44. The number of nitrogens with one attached hydrogen (secondary N) is 1. The SMILES string of the molecule is COc1ccccc1C(CNC(=O)Cc1ccc(Cl)cc1)OC. The van der Waals surface area contributed by atoms with Crippen molar-refractivity contribution in [1.29, 1.82) is 0 Å². The van der Waals surface area contributed by atoms with Gasteiger partial charge in [-0.25, -0.2) is 0 Å². The number of ether oxygens (including phenoxy) is 2. The highest BCUT2D eigenvalue weighted by atomic mass is 35.5. The third-order valence-electron chi connectivity index (χ3n) is 3.53. The highest BCUT2D eigenvalue weighted by Gasteiger charge is 2.16. The number of hydrogen-bond donors (Lipinski definition) is 1. The molecule has 0 saturated heterocycles. The van der Waals surface area contributed by atoms with Crippen LogP contribution in [0.5, 0.6) is 5.75 Å². The number of hydrogen-bond acceptors (Lipinski definition) is 3. The molecule has 4 nitrogen and oxygen atoms in total. The number of amides is 1. The number of para-hydroxylation sites is 1. The fraction of sp³-hybridized carbons (Fsp3) is 0.278. The van der Waals surface area contributed by atoms with Gasteiger partial charge in [0.05, 0.1) is 13.5 Å². The molecule has 0 aliphatic carbocycles. The van der Waals surface area contributed by atoms with Crippen molar-refractivity contribution in [3.05, 3.63) is 64.7 Å². The highest BCUT2D eigenvalue weighted by molar-refractivity contribution is 6.30. The summed E-state index contributed by atoms with van der Waals surface area (Å²) in [4.78, 5) is 12.1. The van der Waals surface area contributed by atoms with Crippen molar-refractivity contribution in [2.75, 3.05) is 20.8 Å². The summed E-state index contributed by atoms with van der Waals surface area (Å²) < 4.78 is 10.8. The smallest absolute Gasteiger partial charge is 0.224 e. The number of rotatable bonds is 7. The molecule has 122 valence electrons. The molecule has 2 rings (SSSR count). The zero-order valence-corrected chi connectivity index (χ0v) is 14.0. The van der Waals surface area contributed by atoms with Crippen LogP contribution in [-0.2, 0) is 16.0 Å². The average Bonchev–Trinajstić information content (AvgIpc) is 2.58. The molecule has 0 bridgehead atoms. The minimum absolute atomic E-state index is 0.0655. The summed E-state index contributed by atoms with van der Waals surface area (Å²) >= 11 is 5.84. The van der Waals surface area contributed by atoms with E-state index in [1.165, 1.54) is 0 Å². The summed E-state index contributed by atoms with van der Waals surface area (Å²) in [7, 11) is 3.23. The van der Waals surface area contributed by atoms with Crippen LogP contribution >= 0.6 is 11.6 Å². The molecule has 0 aliphatic rings. The minimum atomic E-state index is -0.264. The lowest BCUT2D eigenvalue weighted by Crippen LogP contribution is -2.30. The normalized spacial score (nSPS) is 11.8. The van der Waals surface area contributed by atoms with Crippen molar-refractivity contribution in [3.8, 4) is 5.75 Å². The zero-order chi connectivity index (χ0) is 16.7. The van der Waals surface area contributed by atoms with E-state index in [-0.39, 0.29) is 12.0 Å². The Morgan fingerprint density at radius 2 is 1.83 bits per heavy atom. The number of carbonyl (C=O) groups excluding carboxylic acids is 1. The lowest BCUT2D eigenvalue weighted by atomic mass is 10.1. The van der Waals surface area contributed by atoms with Crippen LogP contribution in [0, 0.1) is 0 Å². The van der Waals surface area contributed by atoms with Gasteiger partial charge in [0, 0.05) is 24.2 Å². The van der Waals surface area contributed by atoms with Crippen molar-refractivity contribution < 1.29 is 14.3 Å². The Morgan fingerprint density at radius 3 is 2.48 bits per heavy atom. The number of carbonyl (C=O) groups is 1. The lowest BCUT2D eigenvalue weighted by Gasteiger charge is -2.19. The quantitative estimate of drug-likeness (QED) is 0.844. The van der Waals surface area contributed by atoms with Crippen molar-refractivity contribution in [2.45, 2.75) is 12.5 Å². The Labute approximate surface area is 141 Å². The molecule has 23 heavy (non-hydrogen) atoms. The van der Waals surface area contributed by atoms with Crippen LogP contribution in [0.4, 0.5) is 0 Å². The van der Waals surface area contributed by atoms with Gasteiger partial charge in [-0.15, -0.1) is 0 Å². The van der Waals surface area contributed by atoms with Crippen molar-refractivity contribution in [2.24, 2.45) is 0 Å². The maximum atomic E-state index is 12.1. The second-order valence-corrected chi connectivity index (χ2v) is 5.51. The zero-order valence-electron chi connectivity index (χ0n) is 13.2. The Balaban J connectivity index is 1.94. The van der Waals surface area contributed by atoms with Gasteiger partial charge in [-0.3, -0.25) is 4.79 Å². The van der Waals surface area contributed by atoms with E-state index in [1.54, 1.807) is 26.4 Å². The molecule has 2 aromatic rings. The summed E-state index contributed by atoms with van der Waals surface area (Å²) in [6.07, 6.45) is 0.0415. The number of halogens is 1. The molecular formula is C18H20ClNO3. The first-order valence-electron chi connectivity index (χ1n) is 7.31. The molecule has 1 unspecified atom stereocenters. The molecule has 5 heteroatoms. The van der Waals surface area contributed by atoms with E-state index in [0.29, 0.717) is 18.0 Å². The predicted octanol–water partition coefficient (Wildman–Crippen LogP) is 3.40. The topological polar surface area (TPSA) is 47.6 Å². The van der Waals surface area contributed by atoms with E-state index in [1.807, 2.05) is 36.4 Å². The maximum Gasteiger partial charge on any atom is 0.224 e. The van der Waals surface area contributed by atoms with E-state index in [9.17, 15) is 4.79 Å². The first-order chi connectivity index (χ1) is 11.1. The summed E-state index contributed by atoms with van der Waals surface area (Å²) in [6.45, 7) is 0.378. The van der Waals surface area contributed by atoms with E-state index in [0.717, 1.165) is 16.9 Å². The predicted molar refractivity (Wildman–Crippen MR) is 90.9 cm³/mol. The molecule has 1 amide bonds. The molecule has 2 aromatic carbocycles. The van der Waals surface area contributed by atoms with Crippen molar-refractivity contribution in [1.82, 2.24) is 5.32 Å². The summed E-state index contributed by atoms with van der Waals surface area (Å²) in [6, 6.07) is 14.8. The summed E-state index contributed by atoms with van der Waals surface area (Å²) in [5.41, 5.74) is 1.82. The van der Waals surface area contributed by atoms with E-state index in [4.69, 9.17) is 21.1 Å². The van der Waals surface area contributed by atoms with Crippen molar-refractivity contribution >= 4 is 17.5 Å². The maximum absolute atomic E-state index is 12.1. The molecule has 0 fully saturated rings. The second-order valence-electron chi connectivity index (χ2n) is 5.07. The van der Waals surface area contributed by atoms with Crippen LogP contribution in [0.15, 0.2) is 48.5 Å². The van der Waals surface area contributed by atoms with Crippen molar-refractivity contribution in [3.63, 3.8) is 0 Å². The Bertz CT molecular complexity index is 643. The molecule has 0 heterocycles. The standard InChI is InChI=1S/C18H20ClNO3/c1-22-16-6-4-3-5-15(16)17(23-2)12-20-18(21)11-13-7-9-14(19)10-8-13/h3-10,17H,11-12H2,1-2H3,(H,20,21). The van der Waals surface area contributed by atoms with Gasteiger partial charge in [-0.2, -0.15) is 0 Å². The van der Waals surface area contributed by atoms with E-state index in [2.05, 4.69) is 5.32 Å². The van der Waals surface area contributed by atoms with Crippen LogP contribution in [0.1, 0.15) is 17.2 Å². The van der Waals surface area contributed by atoms with Crippen LogP contribution in [-0.4, -0.2) is 26.7 Å². The van der Waals surface area contributed by atoms with Gasteiger partial charge in [-0.1, -0.05) is 41.9 Å². The first-order valence-corrected chi connectivity index (χ1v) is 7.68. The second kappa shape index (κ2) is 8.56. The van der Waals surface area contributed by atoms with Crippen LogP contribution in [0.25, 0.3) is 0 Å². The molecule has 0 saturated carbocycles. The minimum Gasteiger partial charge on any atom is -0.496 e. The van der Waals surface area contributed by atoms with Gasteiger partial charge in [-0.05, 0) is 23.8 Å². The molecule has 0 aromatic heterocycles. The van der Waals surface area contributed by atoms with Gasteiger partial charge >= 0.3 is 0 Å². The Hall–Kier alpha value is -2.04. The monoisotopic (exact) mass is 333 g/mol. The first kappa shape index (κ1) is 17.3.